The Morgan fingerprint density at radius 1 is 1.17 bits per heavy atom. The summed E-state index contributed by atoms with van der Waals surface area (Å²) in [6.45, 7) is 4.43. The number of alkyl halides is 2. The smallest absolute Gasteiger partial charge is 0.305 e. The summed E-state index contributed by atoms with van der Waals surface area (Å²) in [6, 6.07) is 0. The Labute approximate surface area is 121 Å². The van der Waals surface area contributed by atoms with Crippen molar-refractivity contribution in [2.24, 2.45) is 0 Å². The zero-order chi connectivity index (χ0) is 14.2. The molecule has 0 aromatic carbocycles. The number of carbonyl (C=O) groups is 1. The van der Waals surface area contributed by atoms with Gasteiger partial charge in [-0.25, -0.2) is 0 Å². The number of unbranched alkanes of at least 4 members (excludes halogenated alkanes) is 3. The summed E-state index contributed by atoms with van der Waals surface area (Å²) in [4.78, 5) is 10.3. The molecule has 5 heteroatoms. The number of rotatable bonds is 9. The number of hydrogen-bond donors (Lipinski definition) is 1. The van der Waals surface area contributed by atoms with Crippen LogP contribution in [0.15, 0.2) is 0 Å². The number of aliphatic hydroxyl groups excluding tert-OH is 1. The molecule has 3 nitrogen and oxygen atoms in total. The molecule has 0 saturated heterocycles. The first-order valence-corrected chi connectivity index (χ1v) is 7.50. The normalized spacial score (nSPS) is 9.89. The van der Waals surface area contributed by atoms with Crippen molar-refractivity contribution in [2.45, 2.75) is 63.6 Å². The van der Waals surface area contributed by atoms with E-state index in [4.69, 9.17) is 28.3 Å². The number of hydrogen-bond acceptors (Lipinski definition) is 3. The van der Waals surface area contributed by atoms with Crippen LogP contribution in [0, 0.1) is 0 Å². The highest BCUT2D eigenvalue weighted by atomic mass is 35.5. The van der Waals surface area contributed by atoms with Crippen LogP contribution >= 0.6 is 23.2 Å². The predicted octanol–water partition coefficient (Wildman–Crippen LogP) is 4.08. The SMILES string of the molecule is CCCCCCC(Cl)Cl.CCOC(=O)CCCO. The van der Waals surface area contributed by atoms with Gasteiger partial charge in [0.25, 0.3) is 0 Å². The molecule has 0 unspecified atom stereocenters. The van der Waals surface area contributed by atoms with E-state index in [1.54, 1.807) is 6.92 Å². The molecule has 0 rings (SSSR count). The van der Waals surface area contributed by atoms with E-state index in [2.05, 4.69) is 11.7 Å². The Morgan fingerprint density at radius 2 is 1.83 bits per heavy atom. The van der Waals surface area contributed by atoms with Gasteiger partial charge in [0, 0.05) is 13.0 Å². The van der Waals surface area contributed by atoms with Crippen LogP contribution in [0.3, 0.4) is 0 Å². The molecule has 18 heavy (non-hydrogen) atoms. The van der Waals surface area contributed by atoms with Crippen molar-refractivity contribution in [3.63, 3.8) is 0 Å². The van der Waals surface area contributed by atoms with Gasteiger partial charge in [0.15, 0.2) is 0 Å². The number of ether oxygens (including phenoxy) is 1. The van der Waals surface area contributed by atoms with Crippen molar-refractivity contribution in [3.05, 3.63) is 0 Å². The second kappa shape index (κ2) is 17.0. The van der Waals surface area contributed by atoms with Crippen LogP contribution in [0.4, 0.5) is 0 Å². The van der Waals surface area contributed by atoms with Gasteiger partial charge in [0.05, 0.1) is 6.61 Å². The lowest BCUT2D eigenvalue weighted by Crippen LogP contribution is -2.03. The van der Waals surface area contributed by atoms with Gasteiger partial charge in [0.2, 0.25) is 0 Å². The van der Waals surface area contributed by atoms with E-state index in [1.165, 1.54) is 25.7 Å². The van der Waals surface area contributed by atoms with Crippen LogP contribution in [0.25, 0.3) is 0 Å². The average molecular weight is 301 g/mol. The largest absolute Gasteiger partial charge is 0.466 e. The molecular formula is C13H26Cl2O3. The molecule has 0 aromatic rings. The molecule has 0 amide bonds. The Bertz CT molecular complexity index is 176. The standard InChI is InChI=1S/C7H14Cl2.C6H12O3/c1-2-3-4-5-6-7(8)9;1-2-9-6(8)4-3-5-7/h7H,2-6H2,1H3;7H,2-5H2,1H3. The highest BCUT2D eigenvalue weighted by molar-refractivity contribution is 6.44. The van der Waals surface area contributed by atoms with Gasteiger partial charge in [-0.1, -0.05) is 32.6 Å². The lowest BCUT2D eigenvalue weighted by atomic mass is 10.2. The first-order chi connectivity index (χ1) is 8.58. The maximum Gasteiger partial charge on any atom is 0.305 e. The van der Waals surface area contributed by atoms with E-state index in [0.717, 1.165) is 6.42 Å². The van der Waals surface area contributed by atoms with Crippen molar-refractivity contribution >= 4 is 29.2 Å². The van der Waals surface area contributed by atoms with Crippen LogP contribution in [-0.4, -0.2) is 29.1 Å². The number of carbonyl (C=O) groups excluding carboxylic acids is 1. The fourth-order valence-corrected chi connectivity index (χ4v) is 1.49. The molecule has 0 fully saturated rings. The monoisotopic (exact) mass is 300 g/mol. The molecule has 0 aliphatic carbocycles. The third-order valence-corrected chi connectivity index (χ3v) is 2.56. The van der Waals surface area contributed by atoms with E-state index >= 15 is 0 Å². The summed E-state index contributed by atoms with van der Waals surface area (Å²) < 4.78 is 4.59. The molecule has 1 N–H and O–H groups in total. The Kier molecular flexibility index (Phi) is 19.2. The van der Waals surface area contributed by atoms with Crippen molar-refractivity contribution in [1.29, 1.82) is 0 Å². The zero-order valence-corrected chi connectivity index (χ0v) is 13.0. The molecule has 0 spiro atoms. The molecule has 0 bridgehead atoms. The third-order valence-electron chi connectivity index (χ3n) is 2.12. The summed E-state index contributed by atoms with van der Waals surface area (Å²) >= 11 is 11.0. The lowest BCUT2D eigenvalue weighted by molar-refractivity contribution is -0.143. The topological polar surface area (TPSA) is 46.5 Å². The minimum atomic E-state index is -0.230. The molecule has 0 heterocycles. The van der Waals surface area contributed by atoms with E-state index in [1.807, 2.05) is 0 Å². The van der Waals surface area contributed by atoms with Gasteiger partial charge in [-0.05, 0) is 19.8 Å². The van der Waals surface area contributed by atoms with Crippen molar-refractivity contribution in [2.75, 3.05) is 13.2 Å². The average Bonchev–Trinajstić information content (AvgIpc) is 2.33. The maximum absolute atomic E-state index is 10.5. The summed E-state index contributed by atoms with van der Waals surface area (Å²) in [5.41, 5.74) is 0. The fraction of sp³-hybridized carbons (Fsp3) is 0.923. The van der Waals surface area contributed by atoms with Crippen molar-refractivity contribution < 1.29 is 14.6 Å². The second-order valence-corrected chi connectivity index (χ2v) is 5.15. The molecular weight excluding hydrogens is 275 g/mol. The molecule has 0 aliphatic rings. The van der Waals surface area contributed by atoms with E-state index < -0.39 is 0 Å². The number of aliphatic hydroxyl groups is 1. The summed E-state index contributed by atoms with van der Waals surface area (Å²) in [6.07, 6.45) is 6.79. The van der Waals surface area contributed by atoms with Gasteiger partial charge in [-0.3, -0.25) is 4.79 Å². The lowest BCUT2D eigenvalue weighted by Gasteiger charge is -1.98. The third kappa shape index (κ3) is 21.3. The second-order valence-electron chi connectivity index (χ2n) is 3.87. The molecule has 0 radical (unpaired) electrons. The summed E-state index contributed by atoms with van der Waals surface area (Å²) in [5.74, 6) is -0.230. The Balaban J connectivity index is 0. The van der Waals surface area contributed by atoms with Gasteiger partial charge in [-0.15, -0.1) is 23.2 Å². The van der Waals surface area contributed by atoms with Gasteiger partial charge in [0.1, 0.15) is 4.84 Å². The quantitative estimate of drug-likeness (QED) is 0.396. The van der Waals surface area contributed by atoms with Crippen LogP contribution in [0.2, 0.25) is 0 Å². The van der Waals surface area contributed by atoms with Gasteiger partial charge < -0.3 is 9.84 Å². The van der Waals surface area contributed by atoms with Crippen molar-refractivity contribution in [1.82, 2.24) is 0 Å². The molecule has 110 valence electrons. The molecule has 0 atom stereocenters. The van der Waals surface area contributed by atoms with E-state index in [-0.39, 0.29) is 17.4 Å². The first kappa shape index (κ1) is 20.3. The van der Waals surface area contributed by atoms with Crippen LogP contribution in [0.1, 0.15) is 58.8 Å². The van der Waals surface area contributed by atoms with Gasteiger partial charge in [-0.2, -0.15) is 0 Å². The Morgan fingerprint density at radius 3 is 2.28 bits per heavy atom. The highest BCUT2D eigenvalue weighted by Crippen LogP contribution is 2.12. The predicted molar refractivity (Wildman–Crippen MR) is 77.2 cm³/mol. The zero-order valence-electron chi connectivity index (χ0n) is 11.5. The summed E-state index contributed by atoms with van der Waals surface area (Å²) in [7, 11) is 0. The van der Waals surface area contributed by atoms with Crippen LogP contribution in [0.5, 0.6) is 0 Å². The maximum atomic E-state index is 10.5. The molecule has 0 aliphatic heterocycles. The minimum absolute atomic E-state index is 0.0544. The van der Waals surface area contributed by atoms with Crippen molar-refractivity contribution in [3.8, 4) is 0 Å². The Hall–Kier alpha value is 0.01000. The molecule has 0 saturated carbocycles. The highest BCUT2D eigenvalue weighted by Gasteiger charge is 1.98. The number of halogens is 2. The minimum Gasteiger partial charge on any atom is -0.466 e. The van der Waals surface area contributed by atoms with Crippen LogP contribution < -0.4 is 0 Å². The van der Waals surface area contributed by atoms with E-state index in [0.29, 0.717) is 19.4 Å². The summed E-state index contributed by atoms with van der Waals surface area (Å²) in [5, 5.41) is 8.28. The van der Waals surface area contributed by atoms with Crippen LogP contribution in [-0.2, 0) is 9.53 Å². The first-order valence-electron chi connectivity index (χ1n) is 6.63. The van der Waals surface area contributed by atoms with E-state index in [9.17, 15) is 4.79 Å². The fourth-order valence-electron chi connectivity index (χ4n) is 1.18. The number of esters is 1. The molecule has 0 aromatic heterocycles. The van der Waals surface area contributed by atoms with Gasteiger partial charge >= 0.3 is 5.97 Å².